The summed E-state index contributed by atoms with van der Waals surface area (Å²) in [5, 5.41) is 0. The van der Waals surface area contributed by atoms with E-state index in [1.54, 1.807) is 30.3 Å². The smallest absolute Gasteiger partial charge is 0.368 e. The Balaban J connectivity index is 2.20. The number of amides is 2. The van der Waals surface area contributed by atoms with E-state index in [0.29, 0.717) is 11.1 Å². The Hall–Kier alpha value is -2.83. The molecule has 2 aromatic carbocycles. The molecule has 2 N–H and O–H groups in total. The first-order valence-electron chi connectivity index (χ1n) is 7.06. The van der Waals surface area contributed by atoms with Crippen LogP contribution in [0.15, 0.2) is 54.6 Å². The minimum atomic E-state index is -4.43. The highest BCUT2D eigenvalue weighted by Crippen LogP contribution is 2.29. The molecule has 0 aliphatic carbocycles. The van der Waals surface area contributed by atoms with Gasteiger partial charge in [-0.3, -0.25) is 9.59 Å². The first kappa shape index (κ1) is 17.5. The molecule has 7 heteroatoms. The second-order valence-corrected chi connectivity index (χ2v) is 5.19. The van der Waals surface area contributed by atoms with E-state index in [9.17, 15) is 22.8 Å². The number of halogens is 3. The van der Waals surface area contributed by atoms with Crippen LogP contribution in [0.3, 0.4) is 0 Å². The maximum Gasteiger partial charge on any atom is 0.416 e. The Bertz CT molecular complexity index is 713. The summed E-state index contributed by atoms with van der Waals surface area (Å²) in [5.41, 5.74) is 5.22. The summed E-state index contributed by atoms with van der Waals surface area (Å²) in [4.78, 5) is 24.8. The second-order valence-electron chi connectivity index (χ2n) is 5.19. The predicted molar refractivity (Wildman–Crippen MR) is 81.8 cm³/mol. The van der Waals surface area contributed by atoms with Gasteiger partial charge in [-0.1, -0.05) is 30.3 Å². The fourth-order valence-electron chi connectivity index (χ4n) is 2.17. The molecular formula is C17H15F3N2O2. The van der Waals surface area contributed by atoms with Crippen LogP contribution >= 0.6 is 0 Å². The van der Waals surface area contributed by atoms with Crippen LogP contribution in [0.25, 0.3) is 0 Å². The topological polar surface area (TPSA) is 63.4 Å². The third-order valence-electron chi connectivity index (χ3n) is 3.31. The number of nitrogens with two attached hydrogens (primary N) is 1. The van der Waals surface area contributed by atoms with Crippen LogP contribution in [0.4, 0.5) is 13.2 Å². The monoisotopic (exact) mass is 336 g/mol. The highest BCUT2D eigenvalue weighted by Gasteiger charge is 2.30. The van der Waals surface area contributed by atoms with Crippen LogP contribution in [-0.2, 0) is 17.5 Å². The van der Waals surface area contributed by atoms with Gasteiger partial charge in [-0.25, -0.2) is 0 Å². The van der Waals surface area contributed by atoms with Gasteiger partial charge in [-0.05, 0) is 29.8 Å². The molecule has 0 atom stereocenters. The van der Waals surface area contributed by atoms with Crippen molar-refractivity contribution in [1.29, 1.82) is 0 Å². The third kappa shape index (κ3) is 4.58. The normalized spacial score (nSPS) is 11.1. The van der Waals surface area contributed by atoms with Gasteiger partial charge in [0, 0.05) is 12.1 Å². The predicted octanol–water partition coefficient (Wildman–Crippen LogP) is 2.83. The number of alkyl halides is 3. The van der Waals surface area contributed by atoms with Crippen LogP contribution in [0.2, 0.25) is 0 Å². The van der Waals surface area contributed by atoms with Crippen LogP contribution < -0.4 is 5.73 Å². The maximum atomic E-state index is 12.6. The summed E-state index contributed by atoms with van der Waals surface area (Å²) in [6.45, 7) is -0.344. The molecule has 0 unspecified atom stereocenters. The number of hydrogen-bond acceptors (Lipinski definition) is 2. The van der Waals surface area contributed by atoms with E-state index in [2.05, 4.69) is 0 Å². The molecule has 0 saturated carbocycles. The Morgan fingerprint density at radius 3 is 2.04 bits per heavy atom. The lowest BCUT2D eigenvalue weighted by Gasteiger charge is -2.21. The van der Waals surface area contributed by atoms with Crippen molar-refractivity contribution in [2.75, 3.05) is 6.54 Å². The molecule has 4 nitrogen and oxygen atoms in total. The Kier molecular flexibility index (Phi) is 5.23. The molecule has 2 rings (SSSR count). The second kappa shape index (κ2) is 7.16. The minimum absolute atomic E-state index is 0.0190. The number of primary amides is 1. The van der Waals surface area contributed by atoms with E-state index in [1.807, 2.05) is 0 Å². The first-order chi connectivity index (χ1) is 11.3. The van der Waals surface area contributed by atoms with E-state index < -0.39 is 23.6 Å². The van der Waals surface area contributed by atoms with E-state index in [0.717, 1.165) is 12.1 Å². The van der Waals surface area contributed by atoms with E-state index >= 15 is 0 Å². The van der Waals surface area contributed by atoms with Crippen molar-refractivity contribution in [3.05, 3.63) is 71.3 Å². The van der Waals surface area contributed by atoms with Gasteiger partial charge in [-0.15, -0.1) is 0 Å². The summed E-state index contributed by atoms with van der Waals surface area (Å²) in [6.07, 6.45) is -4.43. The molecule has 0 heterocycles. The SMILES string of the molecule is NC(=O)CN(Cc1ccc(C(F)(F)F)cc1)C(=O)c1ccccc1. The summed E-state index contributed by atoms with van der Waals surface area (Å²) in [5.74, 6) is -1.12. The maximum absolute atomic E-state index is 12.6. The van der Waals surface area contributed by atoms with Crippen molar-refractivity contribution in [1.82, 2.24) is 4.90 Å². The molecule has 0 spiro atoms. The zero-order valence-corrected chi connectivity index (χ0v) is 12.6. The standard InChI is InChI=1S/C17H15F3N2O2/c18-17(19,20)14-8-6-12(7-9-14)10-22(11-15(21)23)16(24)13-4-2-1-3-5-13/h1-9H,10-11H2,(H2,21,23). The highest BCUT2D eigenvalue weighted by molar-refractivity contribution is 5.96. The van der Waals surface area contributed by atoms with Crippen molar-refractivity contribution < 1.29 is 22.8 Å². The van der Waals surface area contributed by atoms with Crippen LogP contribution in [-0.4, -0.2) is 23.3 Å². The highest BCUT2D eigenvalue weighted by atomic mass is 19.4. The fraction of sp³-hybridized carbons (Fsp3) is 0.176. The Morgan fingerprint density at radius 1 is 0.958 bits per heavy atom. The minimum Gasteiger partial charge on any atom is -0.368 e. The molecule has 0 aromatic heterocycles. The van der Waals surface area contributed by atoms with E-state index in [-0.39, 0.29) is 13.1 Å². The van der Waals surface area contributed by atoms with Gasteiger partial charge in [0.05, 0.1) is 12.1 Å². The van der Waals surface area contributed by atoms with E-state index in [1.165, 1.54) is 17.0 Å². The Labute approximate surface area is 136 Å². The van der Waals surface area contributed by atoms with Crippen LogP contribution in [0, 0.1) is 0 Å². The summed E-state index contributed by atoms with van der Waals surface area (Å²) in [7, 11) is 0. The molecule has 2 aromatic rings. The number of benzene rings is 2. The van der Waals surface area contributed by atoms with E-state index in [4.69, 9.17) is 5.73 Å². The molecule has 0 bridgehead atoms. The molecule has 0 aliphatic rings. The van der Waals surface area contributed by atoms with Gasteiger partial charge in [0.1, 0.15) is 0 Å². The molecule has 126 valence electrons. The number of carbonyl (C=O) groups excluding carboxylic acids is 2. The molecule has 0 aliphatic heterocycles. The fourth-order valence-corrected chi connectivity index (χ4v) is 2.17. The molecule has 0 saturated heterocycles. The molecule has 0 fully saturated rings. The number of rotatable bonds is 5. The zero-order valence-electron chi connectivity index (χ0n) is 12.6. The average molecular weight is 336 g/mol. The van der Waals surface area contributed by atoms with Crippen molar-refractivity contribution >= 4 is 11.8 Å². The summed E-state index contributed by atoms with van der Waals surface area (Å²) < 4.78 is 37.7. The van der Waals surface area contributed by atoms with Crippen molar-refractivity contribution in [2.24, 2.45) is 5.73 Å². The van der Waals surface area contributed by atoms with Gasteiger partial charge in [0.2, 0.25) is 5.91 Å². The van der Waals surface area contributed by atoms with Gasteiger partial charge in [0.15, 0.2) is 0 Å². The lowest BCUT2D eigenvalue weighted by Crippen LogP contribution is -2.38. The van der Waals surface area contributed by atoms with Crippen LogP contribution in [0.1, 0.15) is 21.5 Å². The molecule has 2 amide bonds. The lowest BCUT2D eigenvalue weighted by molar-refractivity contribution is -0.137. The molecular weight excluding hydrogens is 321 g/mol. The summed E-state index contributed by atoms with van der Waals surface area (Å²) in [6, 6.07) is 12.7. The largest absolute Gasteiger partial charge is 0.416 e. The van der Waals surface area contributed by atoms with Gasteiger partial charge in [-0.2, -0.15) is 13.2 Å². The Morgan fingerprint density at radius 2 is 1.54 bits per heavy atom. The number of hydrogen-bond donors (Lipinski definition) is 1. The quantitative estimate of drug-likeness (QED) is 0.912. The molecule has 24 heavy (non-hydrogen) atoms. The van der Waals surface area contributed by atoms with Gasteiger partial charge >= 0.3 is 6.18 Å². The third-order valence-corrected chi connectivity index (χ3v) is 3.31. The lowest BCUT2D eigenvalue weighted by atomic mass is 10.1. The van der Waals surface area contributed by atoms with Crippen molar-refractivity contribution in [2.45, 2.75) is 12.7 Å². The zero-order chi connectivity index (χ0) is 17.7. The van der Waals surface area contributed by atoms with Crippen molar-refractivity contribution in [3.63, 3.8) is 0 Å². The average Bonchev–Trinajstić information content (AvgIpc) is 2.53. The molecule has 0 radical (unpaired) electrons. The van der Waals surface area contributed by atoms with Gasteiger partial charge < -0.3 is 10.6 Å². The van der Waals surface area contributed by atoms with Crippen molar-refractivity contribution in [3.8, 4) is 0 Å². The van der Waals surface area contributed by atoms with Gasteiger partial charge in [0.25, 0.3) is 5.91 Å². The first-order valence-corrected chi connectivity index (χ1v) is 7.06. The number of nitrogens with zero attached hydrogens (tertiary/aromatic N) is 1. The number of carbonyl (C=O) groups is 2. The van der Waals surface area contributed by atoms with Crippen LogP contribution in [0.5, 0.6) is 0 Å². The summed E-state index contributed by atoms with van der Waals surface area (Å²) >= 11 is 0.